The lowest BCUT2D eigenvalue weighted by Gasteiger charge is -2.03. The first kappa shape index (κ1) is 18.5. The van der Waals surface area contributed by atoms with Crippen molar-refractivity contribution >= 4 is 44.8 Å². The number of nitro groups is 1. The van der Waals surface area contributed by atoms with E-state index in [4.69, 9.17) is 0 Å². The molecule has 11 heteroatoms. The van der Waals surface area contributed by atoms with Crippen LogP contribution in [0.2, 0.25) is 0 Å². The Kier molecular flexibility index (Phi) is 5.41. The molecule has 0 aliphatic rings. The van der Waals surface area contributed by atoms with Crippen molar-refractivity contribution in [1.29, 1.82) is 0 Å². The van der Waals surface area contributed by atoms with Crippen molar-refractivity contribution in [3.8, 4) is 5.75 Å². The average Bonchev–Trinajstić information content (AvgIpc) is 3.05. The number of nitro benzene ring substituents is 1. The molecule has 1 heterocycles. The molecule has 10 nitrogen and oxygen atoms in total. The zero-order valence-electron chi connectivity index (χ0n) is 13.7. The monoisotopic (exact) mass is 432 g/mol. The van der Waals surface area contributed by atoms with Crippen LogP contribution in [0.4, 0.5) is 5.69 Å². The van der Waals surface area contributed by atoms with Gasteiger partial charge in [-0.1, -0.05) is 33.3 Å². The fourth-order valence-electron chi connectivity index (χ4n) is 2.36. The van der Waals surface area contributed by atoms with Crippen LogP contribution in [0, 0.1) is 10.1 Å². The van der Waals surface area contributed by atoms with Gasteiger partial charge >= 0.3 is 5.69 Å². The summed E-state index contributed by atoms with van der Waals surface area (Å²) in [7, 11) is 0. The van der Waals surface area contributed by atoms with Crippen LogP contribution in [0.3, 0.4) is 0 Å². The van der Waals surface area contributed by atoms with Crippen molar-refractivity contribution < 1.29 is 14.8 Å². The molecule has 0 saturated heterocycles. The van der Waals surface area contributed by atoms with Crippen LogP contribution in [0.5, 0.6) is 5.75 Å². The first-order valence-electron chi connectivity index (χ1n) is 7.72. The highest BCUT2D eigenvalue weighted by Gasteiger charge is 2.17. The minimum atomic E-state index is -0.710. The number of amides is 1. The van der Waals surface area contributed by atoms with Gasteiger partial charge in [0.25, 0.3) is 0 Å². The fourth-order valence-corrected chi connectivity index (χ4v) is 2.83. The van der Waals surface area contributed by atoms with E-state index in [0.717, 1.165) is 17.2 Å². The number of aromatic nitrogens is 3. The van der Waals surface area contributed by atoms with Gasteiger partial charge in [0.2, 0.25) is 11.7 Å². The van der Waals surface area contributed by atoms with Gasteiger partial charge in [0.1, 0.15) is 5.52 Å². The Morgan fingerprint density at radius 3 is 2.96 bits per heavy atom. The van der Waals surface area contributed by atoms with E-state index >= 15 is 0 Å². The Morgan fingerprint density at radius 1 is 1.41 bits per heavy atom. The number of hydrogen-bond acceptors (Lipinski definition) is 7. The number of benzene rings is 2. The number of halogens is 1. The predicted octanol–water partition coefficient (Wildman–Crippen LogP) is 2.35. The van der Waals surface area contributed by atoms with Crippen LogP contribution in [-0.4, -0.2) is 37.1 Å². The van der Waals surface area contributed by atoms with E-state index in [9.17, 15) is 20.0 Å². The average molecular weight is 433 g/mol. The number of hydrogen-bond donors (Lipinski definition) is 2. The summed E-state index contributed by atoms with van der Waals surface area (Å²) in [5, 5.41) is 32.5. The minimum absolute atomic E-state index is 0.0960. The zero-order valence-corrected chi connectivity index (χ0v) is 15.3. The third kappa shape index (κ3) is 4.26. The molecular weight excluding hydrogens is 420 g/mol. The summed E-state index contributed by atoms with van der Waals surface area (Å²) in [6, 6.07) is 10.0. The van der Waals surface area contributed by atoms with Crippen LogP contribution >= 0.6 is 15.9 Å². The maximum Gasteiger partial charge on any atom is 0.312 e. The van der Waals surface area contributed by atoms with Crippen molar-refractivity contribution in [3.05, 3.63) is 56.5 Å². The van der Waals surface area contributed by atoms with Gasteiger partial charge in [-0.15, -0.1) is 5.10 Å². The highest BCUT2D eigenvalue weighted by molar-refractivity contribution is 9.10. The largest absolute Gasteiger partial charge is 0.502 e. The number of carbonyl (C=O) groups is 1. The number of aromatic hydroxyl groups is 1. The van der Waals surface area contributed by atoms with Crippen LogP contribution in [-0.2, 0) is 11.3 Å². The molecule has 0 spiro atoms. The summed E-state index contributed by atoms with van der Waals surface area (Å²) in [4.78, 5) is 22.1. The number of aryl methyl sites for hydroxylation is 1. The summed E-state index contributed by atoms with van der Waals surface area (Å²) in [6.45, 7) is 0.315. The van der Waals surface area contributed by atoms with Gasteiger partial charge in [0.15, 0.2) is 0 Å². The molecule has 0 radical (unpaired) electrons. The second-order valence-electron chi connectivity index (χ2n) is 5.46. The number of para-hydroxylation sites is 1. The van der Waals surface area contributed by atoms with Crippen molar-refractivity contribution in [1.82, 2.24) is 20.4 Å². The van der Waals surface area contributed by atoms with Crippen LogP contribution in [0.1, 0.15) is 12.0 Å². The predicted molar refractivity (Wildman–Crippen MR) is 100 cm³/mol. The van der Waals surface area contributed by atoms with Crippen LogP contribution < -0.4 is 5.43 Å². The third-order valence-corrected chi connectivity index (χ3v) is 4.10. The Bertz CT molecular complexity index is 1050. The van der Waals surface area contributed by atoms with Gasteiger partial charge in [-0.25, -0.2) is 10.1 Å². The Morgan fingerprint density at radius 2 is 2.19 bits per heavy atom. The summed E-state index contributed by atoms with van der Waals surface area (Å²) < 4.78 is 2.01. The molecular formula is C16H13BrN6O4. The molecule has 27 heavy (non-hydrogen) atoms. The maximum absolute atomic E-state index is 11.9. The minimum Gasteiger partial charge on any atom is -0.502 e. The highest BCUT2D eigenvalue weighted by Crippen LogP contribution is 2.32. The number of rotatable bonds is 6. The van der Waals surface area contributed by atoms with Gasteiger partial charge in [-0.05, 0) is 18.2 Å². The first-order valence-corrected chi connectivity index (χ1v) is 8.52. The molecule has 1 amide bonds. The van der Waals surface area contributed by atoms with E-state index in [0.29, 0.717) is 11.0 Å². The number of nitrogens with zero attached hydrogens (tertiary/aromatic N) is 5. The molecule has 0 aliphatic heterocycles. The molecule has 138 valence electrons. The summed E-state index contributed by atoms with van der Waals surface area (Å²) in [5.74, 6) is -0.912. The van der Waals surface area contributed by atoms with Crippen molar-refractivity contribution in [2.24, 2.45) is 5.10 Å². The van der Waals surface area contributed by atoms with E-state index in [1.807, 2.05) is 24.3 Å². The normalized spacial score (nSPS) is 11.1. The SMILES string of the molecule is O=C(CCn1nnc2ccccc21)N/N=C\c1cc(Br)cc([N+](=O)[O-])c1O. The lowest BCUT2D eigenvalue weighted by Crippen LogP contribution is -2.19. The molecule has 0 fully saturated rings. The number of hydrazone groups is 1. The quantitative estimate of drug-likeness (QED) is 0.348. The molecule has 0 aliphatic carbocycles. The van der Waals surface area contributed by atoms with E-state index in [-0.39, 0.29) is 17.9 Å². The Labute approximate surface area is 160 Å². The molecule has 1 aromatic heterocycles. The lowest BCUT2D eigenvalue weighted by molar-refractivity contribution is -0.385. The molecule has 0 atom stereocenters. The molecule has 2 aromatic carbocycles. The summed E-state index contributed by atoms with van der Waals surface area (Å²) in [6.07, 6.45) is 1.24. The van der Waals surface area contributed by atoms with E-state index in [1.54, 1.807) is 4.68 Å². The first-order chi connectivity index (χ1) is 13.0. The van der Waals surface area contributed by atoms with Crippen molar-refractivity contribution in [2.45, 2.75) is 13.0 Å². The Balaban J connectivity index is 1.62. The zero-order chi connectivity index (χ0) is 19.4. The number of nitrogens with one attached hydrogen (secondary N) is 1. The van der Waals surface area contributed by atoms with Gasteiger partial charge in [-0.2, -0.15) is 5.10 Å². The molecule has 0 unspecified atom stereocenters. The Hall–Kier alpha value is -3.34. The van der Waals surface area contributed by atoms with Gasteiger partial charge in [0.05, 0.1) is 23.2 Å². The van der Waals surface area contributed by atoms with Crippen molar-refractivity contribution in [2.75, 3.05) is 0 Å². The maximum atomic E-state index is 11.9. The smallest absolute Gasteiger partial charge is 0.312 e. The summed E-state index contributed by atoms with van der Waals surface area (Å²) >= 11 is 3.12. The fraction of sp³-hybridized carbons (Fsp3) is 0.125. The second kappa shape index (κ2) is 7.91. The molecule has 0 bridgehead atoms. The highest BCUT2D eigenvalue weighted by atomic mass is 79.9. The van der Waals surface area contributed by atoms with E-state index in [2.05, 4.69) is 36.8 Å². The van der Waals surface area contributed by atoms with Gasteiger partial charge in [0, 0.05) is 22.5 Å². The van der Waals surface area contributed by atoms with Gasteiger partial charge in [-0.3, -0.25) is 14.9 Å². The number of carbonyl (C=O) groups excluding carboxylic acids is 1. The second-order valence-corrected chi connectivity index (χ2v) is 6.38. The molecule has 3 aromatic rings. The number of phenols is 1. The van der Waals surface area contributed by atoms with Crippen molar-refractivity contribution in [3.63, 3.8) is 0 Å². The van der Waals surface area contributed by atoms with Gasteiger partial charge < -0.3 is 5.11 Å². The molecule has 2 N–H and O–H groups in total. The van der Waals surface area contributed by atoms with E-state index < -0.39 is 16.4 Å². The number of phenolic OH excluding ortho intramolecular Hbond substituents is 1. The lowest BCUT2D eigenvalue weighted by atomic mass is 10.2. The summed E-state index contributed by atoms with van der Waals surface area (Å²) in [5.41, 5.74) is 3.50. The van der Waals surface area contributed by atoms with E-state index in [1.165, 1.54) is 12.1 Å². The molecule has 0 saturated carbocycles. The number of fused-ring (bicyclic) bond motifs is 1. The topological polar surface area (TPSA) is 136 Å². The van der Waals surface area contributed by atoms with Crippen LogP contribution in [0.15, 0.2) is 46.0 Å². The molecule has 3 rings (SSSR count). The van der Waals surface area contributed by atoms with Crippen LogP contribution in [0.25, 0.3) is 11.0 Å². The third-order valence-electron chi connectivity index (χ3n) is 3.64. The standard InChI is InChI=1S/C16H13BrN6O4/c17-11-7-10(16(25)14(8-11)23(26)27)9-18-20-15(24)5-6-22-13-4-2-1-3-12(13)19-21-22/h1-4,7-9,25H,5-6H2,(H,20,24)/b18-9-.